The van der Waals surface area contributed by atoms with Crippen LogP contribution in [0.15, 0.2) is 29.1 Å². The van der Waals surface area contributed by atoms with E-state index in [9.17, 15) is 19.5 Å². The molecule has 1 aliphatic heterocycles. The maximum atomic E-state index is 13.2. The molecule has 0 N–H and O–H groups in total. The molecule has 8 nitrogen and oxygen atoms in total. The van der Waals surface area contributed by atoms with E-state index in [1.54, 1.807) is 24.3 Å². The molecule has 0 bridgehead atoms. The summed E-state index contributed by atoms with van der Waals surface area (Å²) in [5, 5.41) is 19.8. The van der Waals surface area contributed by atoms with E-state index in [-0.39, 0.29) is 5.92 Å². The standard InChI is InChI=1S/C18H22N4O4/c1-3-11(2)15(17(24)21-10-6-9-14(21)18(25)26)22-16(23)12-7-4-5-8-13(12)19-20-22/h4-5,7-8,11,14-15H,3,6,9-10H2,1-2H3,(H,25,26)/p-1/t11-,14+,15-/m0/s1. The van der Waals surface area contributed by atoms with Crippen molar-refractivity contribution < 1.29 is 14.7 Å². The summed E-state index contributed by atoms with van der Waals surface area (Å²) in [5.74, 6) is -1.90. The van der Waals surface area contributed by atoms with Crippen LogP contribution in [0.2, 0.25) is 0 Å². The number of aromatic nitrogens is 3. The molecule has 1 aliphatic rings. The number of amides is 1. The summed E-state index contributed by atoms with van der Waals surface area (Å²) in [6, 6.07) is 4.94. The van der Waals surface area contributed by atoms with Crippen LogP contribution in [0.4, 0.5) is 0 Å². The maximum Gasteiger partial charge on any atom is 0.278 e. The first-order valence-corrected chi connectivity index (χ1v) is 8.81. The van der Waals surface area contributed by atoms with Gasteiger partial charge in [0.15, 0.2) is 0 Å². The fourth-order valence-electron chi connectivity index (χ4n) is 3.44. The first-order chi connectivity index (χ1) is 12.5. The van der Waals surface area contributed by atoms with E-state index in [2.05, 4.69) is 10.3 Å². The number of fused-ring (bicyclic) bond motifs is 1. The fraction of sp³-hybridized carbons (Fsp3) is 0.500. The number of benzene rings is 1. The Hall–Kier alpha value is -2.77. The number of rotatable bonds is 5. The molecule has 1 saturated heterocycles. The molecule has 0 aliphatic carbocycles. The number of hydrogen-bond donors (Lipinski definition) is 0. The summed E-state index contributed by atoms with van der Waals surface area (Å²) in [6.07, 6.45) is 1.58. The molecule has 0 spiro atoms. The summed E-state index contributed by atoms with van der Waals surface area (Å²) in [6.45, 7) is 4.08. The molecule has 138 valence electrons. The van der Waals surface area contributed by atoms with Gasteiger partial charge < -0.3 is 14.8 Å². The number of carbonyl (C=O) groups is 2. The van der Waals surface area contributed by atoms with Crippen LogP contribution in [0.5, 0.6) is 0 Å². The Morgan fingerprint density at radius 1 is 1.35 bits per heavy atom. The van der Waals surface area contributed by atoms with Gasteiger partial charge in [0.25, 0.3) is 5.56 Å². The second kappa shape index (κ2) is 7.23. The highest BCUT2D eigenvalue weighted by atomic mass is 16.4. The van der Waals surface area contributed by atoms with Crippen LogP contribution in [-0.4, -0.2) is 44.4 Å². The predicted molar refractivity (Wildman–Crippen MR) is 92.0 cm³/mol. The smallest absolute Gasteiger partial charge is 0.278 e. The van der Waals surface area contributed by atoms with Gasteiger partial charge in [-0.15, -0.1) is 5.10 Å². The summed E-state index contributed by atoms with van der Waals surface area (Å²) >= 11 is 0. The average Bonchev–Trinajstić information content (AvgIpc) is 3.14. The molecule has 0 saturated carbocycles. The molecule has 3 rings (SSSR count). The van der Waals surface area contributed by atoms with E-state index in [0.717, 1.165) is 4.68 Å². The van der Waals surface area contributed by atoms with E-state index < -0.39 is 29.5 Å². The highest BCUT2D eigenvalue weighted by Crippen LogP contribution is 2.26. The van der Waals surface area contributed by atoms with Crippen molar-refractivity contribution >= 4 is 22.8 Å². The van der Waals surface area contributed by atoms with Crippen LogP contribution in [0.3, 0.4) is 0 Å². The lowest BCUT2D eigenvalue weighted by molar-refractivity contribution is -0.310. The first-order valence-electron chi connectivity index (χ1n) is 8.81. The molecule has 0 radical (unpaired) electrons. The second-order valence-corrected chi connectivity index (χ2v) is 6.70. The molecule has 2 aromatic rings. The Kier molecular flexibility index (Phi) is 5.01. The quantitative estimate of drug-likeness (QED) is 0.752. The van der Waals surface area contributed by atoms with Crippen molar-refractivity contribution in [2.45, 2.75) is 45.2 Å². The van der Waals surface area contributed by atoms with E-state index in [0.29, 0.717) is 36.7 Å². The van der Waals surface area contributed by atoms with Gasteiger partial charge in [-0.3, -0.25) is 9.59 Å². The average molecular weight is 357 g/mol. The topological polar surface area (TPSA) is 108 Å². The van der Waals surface area contributed by atoms with Crippen LogP contribution in [0, 0.1) is 5.92 Å². The Morgan fingerprint density at radius 2 is 2.08 bits per heavy atom. The van der Waals surface area contributed by atoms with Gasteiger partial charge in [0, 0.05) is 6.54 Å². The van der Waals surface area contributed by atoms with Crippen molar-refractivity contribution in [3.8, 4) is 0 Å². The number of nitrogens with zero attached hydrogens (tertiary/aromatic N) is 4. The highest BCUT2D eigenvalue weighted by molar-refractivity contribution is 5.86. The van der Waals surface area contributed by atoms with Gasteiger partial charge in [0.05, 0.1) is 17.4 Å². The molecular weight excluding hydrogens is 336 g/mol. The molecule has 0 unspecified atom stereocenters. The van der Waals surface area contributed by atoms with Crippen LogP contribution < -0.4 is 10.7 Å². The van der Waals surface area contributed by atoms with Gasteiger partial charge in [-0.25, -0.2) is 0 Å². The number of carboxylic acid groups (broad SMARTS) is 1. The highest BCUT2D eigenvalue weighted by Gasteiger charge is 2.38. The molecule has 8 heteroatoms. The number of carbonyl (C=O) groups excluding carboxylic acids is 2. The lowest BCUT2D eigenvalue weighted by atomic mass is 9.97. The number of likely N-dealkylation sites (tertiary alicyclic amines) is 1. The van der Waals surface area contributed by atoms with Gasteiger partial charge in [-0.2, -0.15) is 4.68 Å². The number of aliphatic carboxylic acids is 1. The van der Waals surface area contributed by atoms with Gasteiger partial charge >= 0.3 is 0 Å². The van der Waals surface area contributed by atoms with Gasteiger partial charge in [0.1, 0.15) is 11.6 Å². The van der Waals surface area contributed by atoms with Crippen molar-refractivity contribution in [2.24, 2.45) is 5.92 Å². The minimum Gasteiger partial charge on any atom is -0.548 e. The lowest BCUT2D eigenvalue weighted by Gasteiger charge is -2.31. The van der Waals surface area contributed by atoms with Crippen LogP contribution in [0.25, 0.3) is 10.9 Å². The van der Waals surface area contributed by atoms with Crippen molar-refractivity contribution in [2.75, 3.05) is 6.54 Å². The maximum absolute atomic E-state index is 13.2. The second-order valence-electron chi connectivity index (χ2n) is 6.70. The molecule has 3 atom stereocenters. The van der Waals surface area contributed by atoms with Gasteiger partial charge in [-0.05, 0) is 30.9 Å². The first kappa shape index (κ1) is 18.0. The van der Waals surface area contributed by atoms with Crippen LogP contribution in [-0.2, 0) is 9.59 Å². The van der Waals surface area contributed by atoms with E-state index in [4.69, 9.17) is 0 Å². The fourth-order valence-corrected chi connectivity index (χ4v) is 3.44. The van der Waals surface area contributed by atoms with E-state index >= 15 is 0 Å². The summed E-state index contributed by atoms with van der Waals surface area (Å²) in [5.41, 5.74) is 0.0522. The van der Waals surface area contributed by atoms with E-state index in [1.165, 1.54) is 4.90 Å². The zero-order chi connectivity index (χ0) is 18.8. The van der Waals surface area contributed by atoms with Gasteiger partial charge in [0.2, 0.25) is 5.91 Å². The predicted octanol–water partition coefficient (Wildman–Crippen LogP) is 0.120. The van der Waals surface area contributed by atoms with Crippen molar-refractivity contribution in [1.29, 1.82) is 0 Å². The third-order valence-corrected chi connectivity index (χ3v) is 5.10. The largest absolute Gasteiger partial charge is 0.548 e. The van der Waals surface area contributed by atoms with Crippen molar-refractivity contribution in [3.63, 3.8) is 0 Å². The third-order valence-electron chi connectivity index (χ3n) is 5.10. The molecule has 1 amide bonds. The molecule has 1 fully saturated rings. The van der Waals surface area contributed by atoms with Crippen LogP contribution >= 0.6 is 0 Å². The molecule has 1 aromatic heterocycles. The minimum absolute atomic E-state index is 0.210. The molecule has 26 heavy (non-hydrogen) atoms. The Labute approximate surface area is 150 Å². The lowest BCUT2D eigenvalue weighted by Crippen LogP contribution is -2.51. The van der Waals surface area contributed by atoms with Crippen LogP contribution in [0.1, 0.15) is 39.2 Å². The monoisotopic (exact) mass is 357 g/mol. The molecular formula is C18H21N4O4-. The minimum atomic E-state index is -1.27. The Morgan fingerprint density at radius 3 is 2.77 bits per heavy atom. The summed E-state index contributed by atoms with van der Waals surface area (Å²) in [4.78, 5) is 38.7. The SMILES string of the molecule is CC[C@H](C)[C@@H](C(=O)N1CCC[C@@H]1C(=O)[O-])n1nnc2ccccc2c1=O. The number of carboxylic acids is 1. The summed E-state index contributed by atoms with van der Waals surface area (Å²) in [7, 11) is 0. The van der Waals surface area contributed by atoms with Gasteiger partial charge in [-0.1, -0.05) is 37.6 Å². The molecule has 1 aromatic carbocycles. The van der Waals surface area contributed by atoms with E-state index in [1.807, 2.05) is 13.8 Å². The third kappa shape index (κ3) is 3.07. The zero-order valence-corrected chi connectivity index (χ0v) is 14.8. The Balaban J connectivity index is 2.07. The van der Waals surface area contributed by atoms with Crippen molar-refractivity contribution in [1.82, 2.24) is 19.9 Å². The Bertz CT molecular complexity index is 894. The number of hydrogen-bond acceptors (Lipinski definition) is 6. The van der Waals surface area contributed by atoms with Crippen molar-refractivity contribution in [3.05, 3.63) is 34.6 Å². The molecule has 2 heterocycles. The summed E-state index contributed by atoms with van der Waals surface area (Å²) < 4.78 is 1.10. The zero-order valence-electron chi connectivity index (χ0n) is 14.8. The normalized spacial score (nSPS) is 19.5.